The maximum absolute atomic E-state index is 11.9. The first-order valence-corrected chi connectivity index (χ1v) is 5.95. The highest BCUT2D eigenvalue weighted by molar-refractivity contribution is 5.90. The largest absolute Gasteiger partial charge is 0.490 e. The van der Waals surface area contributed by atoms with Crippen LogP contribution in [0.5, 0.6) is 5.75 Å². The summed E-state index contributed by atoms with van der Waals surface area (Å²) >= 11 is 0. The van der Waals surface area contributed by atoms with Crippen molar-refractivity contribution in [1.29, 1.82) is 0 Å². The molecule has 0 radical (unpaired) electrons. The molecular formula is C14H14O5. The van der Waals surface area contributed by atoms with Crippen LogP contribution in [0.25, 0.3) is 11.0 Å². The Morgan fingerprint density at radius 1 is 1.37 bits per heavy atom. The lowest BCUT2D eigenvalue weighted by atomic mass is 10.2. The number of rotatable bonds is 4. The van der Waals surface area contributed by atoms with Crippen LogP contribution in [0.15, 0.2) is 33.5 Å². The van der Waals surface area contributed by atoms with Crippen molar-refractivity contribution in [3.63, 3.8) is 0 Å². The molecule has 0 N–H and O–H groups in total. The number of carbonyl (C=O) groups excluding carboxylic acids is 1. The van der Waals surface area contributed by atoms with Gasteiger partial charge in [-0.15, -0.1) is 0 Å². The van der Waals surface area contributed by atoms with Gasteiger partial charge in [0.1, 0.15) is 0 Å². The van der Waals surface area contributed by atoms with Gasteiger partial charge in [-0.25, -0.2) is 4.79 Å². The molecule has 2 rings (SSSR count). The molecule has 0 spiro atoms. The smallest absolute Gasteiger partial charge is 0.374 e. The number of hydrogen-bond acceptors (Lipinski definition) is 5. The van der Waals surface area contributed by atoms with Crippen molar-refractivity contribution in [2.45, 2.75) is 13.3 Å². The third-order valence-electron chi connectivity index (χ3n) is 2.57. The van der Waals surface area contributed by atoms with E-state index in [-0.39, 0.29) is 16.8 Å². The Morgan fingerprint density at radius 3 is 2.84 bits per heavy atom. The lowest BCUT2D eigenvalue weighted by Crippen LogP contribution is -2.09. The number of hydrogen-bond donors (Lipinski definition) is 0. The zero-order valence-electron chi connectivity index (χ0n) is 10.8. The molecule has 0 amide bonds. The highest BCUT2D eigenvalue weighted by Gasteiger charge is 2.15. The van der Waals surface area contributed by atoms with E-state index in [9.17, 15) is 9.59 Å². The summed E-state index contributed by atoms with van der Waals surface area (Å²) in [5, 5.41) is 0.376. The van der Waals surface area contributed by atoms with Crippen molar-refractivity contribution in [2.75, 3.05) is 13.7 Å². The summed E-state index contributed by atoms with van der Waals surface area (Å²) in [6.45, 7) is 2.48. The zero-order valence-corrected chi connectivity index (χ0v) is 10.8. The highest BCUT2D eigenvalue weighted by Crippen LogP contribution is 2.24. The number of esters is 1. The third-order valence-corrected chi connectivity index (χ3v) is 2.57. The predicted octanol–water partition coefficient (Wildman–Crippen LogP) is 2.37. The third kappa shape index (κ3) is 2.59. The first-order chi connectivity index (χ1) is 9.17. The van der Waals surface area contributed by atoms with E-state index in [4.69, 9.17) is 9.15 Å². The first-order valence-electron chi connectivity index (χ1n) is 5.95. The van der Waals surface area contributed by atoms with Crippen molar-refractivity contribution in [1.82, 2.24) is 0 Å². The van der Waals surface area contributed by atoms with E-state index in [1.165, 1.54) is 7.11 Å². The van der Waals surface area contributed by atoms with Gasteiger partial charge in [-0.2, -0.15) is 0 Å². The topological polar surface area (TPSA) is 65.7 Å². The molecule has 5 heteroatoms. The fourth-order valence-corrected chi connectivity index (χ4v) is 1.68. The molecular weight excluding hydrogens is 248 g/mol. The number of benzene rings is 1. The second-order valence-electron chi connectivity index (χ2n) is 3.95. The molecule has 1 heterocycles. The summed E-state index contributed by atoms with van der Waals surface area (Å²) in [5.41, 5.74) is -0.0348. The molecule has 1 aromatic heterocycles. The van der Waals surface area contributed by atoms with Gasteiger partial charge in [0.25, 0.3) is 0 Å². The van der Waals surface area contributed by atoms with Gasteiger partial charge < -0.3 is 13.9 Å². The van der Waals surface area contributed by atoms with Gasteiger partial charge in [0.2, 0.25) is 5.76 Å². The van der Waals surface area contributed by atoms with E-state index >= 15 is 0 Å². The van der Waals surface area contributed by atoms with Gasteiger partial charge in [0, 0.05) is 6.07 Å². The van der Waals surface area contributed by atoms with Crippen LogP contribution >= 0.6 is 0 Å². The zero-order chi connectivity index (χ0) is 13.8. The maximum atomic E-state index is 11.9. The van der Waals surface area contributed by atoms with Crippen molar-refractivity contribution in [2.24, 2.45) is 0 Å². The SMILES string of the molecule is CCCOc1cccc2c(=O)cc(C(=O)OC)oc12. The standard InChI is InChI=1S/C14H14O5/c1-3-7-18-11-6-4-5-9-10(15)8-12(14(16)17-2)19-13(9)11/h4-6,8H,3,7H2,1-2H3. The first kappa shape index (κ1) is 13.1. The normalized spacial score (nSPS) is 10.4. The molecule has 0 aliphatic heterocycles. The van der Waals surface area contributed by atoms with E-state index in [0.717, 1.165) is 12.5 Å². The average Bonchev–Trinajstić information content (AvgIpc) is 2.44. The van der Waals surface area contributed by atoms with Gasteiger partial charge in [-0.05, 0) is 18.6 Å². The maximum Gasteiger partial charge on any atom is 0.374 e. The summed E-state index contributed by atoms with van der Waals surface area (Å²) in [6.07, 6.45) is 0.831. The number of para-hydroxylation sites is 1. The number of fused-ring (bicyclic) bond motifs is 1. The Morgan fingerprint density at radius 2 is 2.16 bits per heavy atom. The van der Waals surface area contributed by atoms with E-state index in [1.807, 2.05) is 6.92 Å². The van der Waals surface area contributed by atoms with Gasteiger partial charge in [-0.1, -0.05) is 13.0 Å². The molecule has 0 saturated heterocycles. The lowest BCUT2D eigenvalue weighted by Gasteiger charge is -2.07. The molecule has 0 unspecified atom stereocenters. The number of carbonyl (C=O) groups is 1. The van der Waals surface area contributed by atoms with Crippen LogP contribution in [0, 0.1) is 0 Å². The minimum absolute atomic E-state index is 0.132. The van der Waals surface area contributed by atoms with Gasteiger partial charge >= 0.3 is 5.97 Å². The molecule has 0 bridgehead atoms. The quantitative estimate of drug-likeness (QED) is 0.791. The van der Waals surface area contributed by atoms with Crippen molar-refractivity contribution < 1.29 is 18.7 Å². The van der Waals surface area contributed by atoms with Crippen LogP contribution in [0.1, 0.15) is 23.9 Å². The Labute approximate surface area is 109 Å². The second-order valence-corrected chi connectivity index (χ2v) is 3.95. The molecule has 19 heavy (non-hydrogen) atoms. The van der Waals surface area contributed by atoms with E-state index in [2.05, 4.69) is 4.74 Å². The highest BCUT2D eigenvalue weighted by atomic mass is 16.5. The molecule has 100 valence electrons. The van der Waals surface area contributed by atoms with Crippen LogP contribution in [0.2, 0.25) is 0 Å². The monoisotopic (exact) mass is 262 g/mol. The molecule has 0 saturated carbocycles. The van der Waals surface area contributed by atoms with Gasteiger partial charge in [-0.3, -0.25) is 4.79 Å². The van der Waals surface area contributed by atoms with Crippen LogP contribution in [0.4, 0.5) is 0 Å². The van der Waals surface area contributed by atoms with Crippen molar-refractivity contribution in [3.8, 4) is 5.75 Å². The average molecular weight is 262 g/mol. The number of methoxy groups -OCH3 is 1. The summed E-state index contributed by atoms with van der Waals surface area (Å²) in [6, 6.07) is 6.16. The summed E-state index contributed by atoms with van der Waals surface area (Å²) in [4.78, 5) is 23.4. The molecule has 0 atom stereocenters. The van der Waals surface area contributed by atoms with Crippen molar-refractivity contribution >= 4 is 16.9 Å². The van der Waals surface area contributed by atoms with Crippen LogP contribution in [0.3, 0.4) is 0 Å². The Hall–Kier alpha value is -2.30. The summed E-state index contributed by atoms with van der Waals surface area (Å²) in [5.74, 6) is -0.376. The minimum atomic E-state index is -0.690. The molecule has 0 fully saturated rings. The molecule has 1 aromatic carbocycles. The molecule has 5 nitrogen and oxygen atoms in total. The van der Waals surface area contributed by atoms with E-state index < -0.39 is 5.97 Å². The number of ether oxygens (including phenoxy) is 2. The lowest BCUT2D eigenvalue weighted by molar-refractivity contribution is 0.0565. The summed E-state index contributed by atoms with van der Waals surface area (Å²) in [7, 11) is 1.23. The predicted molar refractivity (Wildman–Crippen MR) is 69.6 cm³/mol. The van der Waals surface area contributed by atoms with Gasteiger partial charge in [0.05, 0.1) is 19.1 Å². The molecule has 0 aliphatic rings. The Bertz CT molecular complexity index is 656. The Balaban J connectivity index is 2.62. The molecule has 2 aromatic rings. The fraction of sp³-hybridized carbons (Fsp3) is 0.286. The van der Waals surface area contributed by atoms with Crippen LogP contribution in [-0.4, -0.2) is 19.7 Å². The van der Waals surface area contributed by atoms with Crippen LogP contribution in [-0.2, 0) is 4.74 Å². The molecule has 0 aliphatic carbocycles. The van der Waals surface area contributed by atoms with E-state index in [0.29, 0.717) is 17.7 Å². The Kier molecular flexibility index (Phi) is 3.85. The van der Waals surface area contributed by atoms with E-state index in [1.54, 1.807) is 18.2 Å². The van der Waals surface area contributed by atoms with Crippen molar-refractivity contribution in [3.05, 3.63) is 40.2 Å². The minimum Gasteiger partial charge on any atom is -0.490 e. The van der Waals surface area contributed by atoms with Gasteiger partial charge in [0.15, 0.2) is 16.8 Å². The fourth-order valence-electron chi connectivity index (χ4n) is 1.68. The van der Waals surface area contributed by atoms with Crippen LogP contribution < -0.4 is 10.2 Å². The second kappa shape index (κ2) is 5.56. The summed E-state index contributed by atoms with van der Waals surface area (Å²) < 4.78 is 15.5.